The second-order valence-electron chi connectivity index (χ2n) is 6.77. The van der Waals surface area contributed by atoms with Crippen LogP contribution in [0.25, 0.3) is 0 Å². The standard InChI is InChI=1S/C17H32OSi/c1-8-10-11-12-14-16(13-9-2)15-18-19(6,7)17(3,4)5/h9,16H,2,8,10,13-15H2,1,3-7H3. The Morgan fingerprint density at radius 3 is 2.37 bits per heavy atom. The molecule has 0 aromatic heterocycles. The van der Waals surface area contributed by atoms with E-state index in [1.54, 1.807) is 0 Å². The lowest BCUT2D eigenvalue weighted by Crippen LogP contribution is -2.41. The van der Waals surface area contributed by atoms with Crippen molar-refractivity contribution in [1.29, 1.82) is 0 Å². The molecule has 1 nitrogen and oxygen atoms in total. The van der Waals surface area contributed by atoms with Crippen LogP contribution in [-0.2, 0) is 4.43 Å². The summed E-state index contributed by atoms with van der Waals surface area (Å²) in [6, 6.07) is 0. The normalized spacial score (nSPS) is 13.6. The molecule has 0 fully saturated rings. The van der Waals surface area contributed by atoms with Crippen LogP contribution in [0, 0.1) is 17.8 Å². The first-order valence-electron chi connectivity index (χ1n) is 7.45. The maximum absolute atomic E-state index is 6.29. The lowest BCUT2D eigenvalue weighted by Gasteiger charge is -2.37. The first kappa shape index (κ1) is 18.5. The van der Waals surface area contributed by atoms with Gasteiger partial charge in [-0.05, 0) is 36.9 Å². The van der Waals surface area contributed by atoms with E-state index < -0.39 is 8.32 Å². The Labute approximate surface area is 122 Å². The van der Waals surface area contributed by atoms with Crippen molar-refractivity contribution in [2.75, 3.05) is 6.61 Å². The van der Waals surface area contributed by atoms with Crippen LogP contribution in [-0.4, -0.2) is 14.9 Å². The molecule has 0 aromatic rings. The molecule has 0 amide bonds. The molecule has 0 aliphatic carbocycles. The van der Waals surface area contributed by atoms with Gasteiger partial charge in [0, 0.05) is 19.4 Å². The van der Waals surface area contributed by atoms with E-state index in [0.29, 0.717) is 5.92 Å². The van der Waals surface area contributed by atoms with Gasteiger partial charge >= 0.3 is 0 Å². The van der Waals surface area contributed by atoms with Crippen molar-refractivity contribution in [3.63, 3.8) is 0 Å². The van der Waals surface area contributed by atoms with Gasteiger partial charge in [-0.15, -0.1) is 18.4 Å². The topological polar surface area (TPSA) is 9.23 Å². The van der Waals surface area contributed by atoms with Crippen LogP contribution in [0.5, 0.6) is 0 Å². The molecule has 0 heterocycles. The summed E-state index contributed by atoms with van der Waals surface area (Å²) >= 11 is 0. The number of rotatable bonds is 7. The van der Waals surface area contributed by atoms with Gasteiger partial charge in [-0.3, -0.25) is 0 Å². The van der Waals surface area contributed by atoms with Gasteiger partial charge in [0.1, 0.15) is 0 Å². The molecule has 0 aliphatic heterocycles. The fourth-order valence-electron chi connectivity index (χ4n) is 1.42. The van der Waals surface area contributed by atoms with E-state index in [2.05, 4.69) is 59.2 Å². The highest BCUT2D eigenvalue weighted by molar-refractivity contribution is 6.74. The average Bonchev–Trinajstić information content (AvgIpc) is 2.30. The number of unbranched alkanes of at least 4 members (excludes halogenated alkanes) is 1. The molecule has 2 heteroatoms. The van der Waals surface area contributed by atoms with Crippen LogP contribution in [0.4, 0.5) is 0 Å². The molecule has 0 spiro atoms. The van der Waals surface area contributed by atoms with Crippen molar-refractivity contribution in [3.8, 4) is 11.8 Å². The van der Waals surface area contributed by atoms with E-state index >= 15 is 0 Å². The predicted octanol–water partition coefficient (Wildman–Crippen LogP) is 5.39. The third kappa shape index (κ3) is 7.60. The van der Waals surface area contributed by atoms with Gasteiger partial charge < -0.3 is 4.43 Å². The van der Waals surface area contributed by atoms with Gasteiger partial charge in [-0.2, -0.15) is 0 Å². The molecule has 0 aromatic carbocycles. The zero-order valence-corrected chi connectivity index (χ0v) is 14.8. The summed E-state index contributed by atoms with van der Waals surface area (Å²) in [6.45, 7) is 18.3. The largest absolute Gasteiger partial charge is 0.417 e. The second kappa shape index (κ2) is 8.61. The quantitative estimate of drug-likeness (QED) is 0.345. The molecule has 0 rings (SSSR count). The van der Waals surface area contributed by atoms with E-state index in [0.717, 1.165) is 32.3 Å². The van der Waals surface area contributed by atoms with Crippen LogP contribution in [0.3, 0.4) is 0 Å². The first-order chi connectivity index (χ1) is 8.74. The van der Waals surface area contributed by atoms with Gasteiger partial charge in [-0.1, -0.05) is 33.8 Å². The second-order valence-corrected chi connectivity index (χ2v) is 11.6. The van der Waals surface area contributed by atoms with Gasteiger partial charge in [0.2, 0.25) is 0 Å². The van der Waals surface area contributed by atoms with Crippen molar-refractivity contribution < 1.29 is 4.43 Å². The van der Waals surface area contributed by atoms with Crippen molar-refractivity contribution >= 4 is 8.32 Å². The summed E-state index contributed by atoms with van der Waals surface area (Å²) in [5, 5.41) is 0.277. The SMILES string of the molecule is C=CCC(CC#CCCC)CO[Si](C)(C)C(C)(C)C. The highest BCUT2D eigenvalue weighted by Gasteiger charge is 2.37. The van der Waals surface area contributed by atoms with Crippen LogP contribution in [0.2, 0.25) is 18.1 Å². The van der Waals surface area contributed by atoms with Crippen molar-refractivity contribution in [1.82, 2.24) is 0 Å². The number of hydrogen-bond acceptors (Lipinski definition) is 1. The summed E-state index contributed by atoms with van der Waals surface area (Å²) in [5.74, 6) is 7.00. The zero-order valence-electron chi connectivity index (χ0n) is 13.8. The molecule has 0 aliphatic rings. The maximum atomic E-state index is 6.29. The zero-order chi connectivity index (χ0) is 14.9. The Morgan fingerprint density at radius 1 is 1.26 bits per heavy atom. The summed E-state index contributed by atoms with van der Waals surface area (Å²) < 4.78 is 6.29. The summed E-state index contributed by atoms with van der Waals surface area (Å²) in [5.41, 5.74) is 0. The molecule has 19 heavy (non-hydrogen) atoms. The predicted molar refractivity (Wildman–Crippen MR) is 88.8 cm³/mol. The lowest BCUT2D eigenvalue weighted by atomic mass is 10.0. The molecular weight excluding hydrogens is 248 g/mol. The number of hydrogen-bond donors (Lipinski definition) is 0. The molecule has 110 valence electrons. The van der Waals surface area contributed by atoms with Gasteiger partial charge in [0.25, 0.3) is 0 Å². The third-order valence-electron chi connectivity index (χ3n) is 3.88. The highest BCUT2D eigenvalue weighted by Crippen LogP contribution is 2.37. The molecular formula is C17H32OSi. The average molecular weight is 281 g/mol. The Kier molecular flexibility index (Phi) is 8.37. The Balaban J connectivity index is 4.37. The fourth-order valence-corrected chi connectivity index (χ4v) is 2.50. The van der Waals surface area contributed by atoms with E-state index in [1.165, 1.54) is 0 Å². The molecule has 0 bridgehead atoms. The molecule has 1 atom stereocenters. The van der Waals surface area contributed by atoms with Crippen molar-refractivity contribution in [2.24, 2.45) is 5.92 Å². The molecule has 0 saturated carbocycles. The highest BCUT2D eigenvalue weighted by atomic mass is 28.4. The minimum atomic E-state index is -1.63. The summed E-state index contributed by atoms with van der Waals surface area (Å²) in [7, 11) is -1.63. The van der Waals surface area contributed by atoms with E-state index in [9.17, 15) is 0 Å². The molecule has 0 radical (unpaired) electrons. The van der Waals surface area contributed by atoms with Gasteiger partial charge in [0.05, 0.1) is 0 Å². The molecule has 0 N–H and O–H groups in total. The third-order valence-corrected chi connectivity index (χ3v) is 8.38. The maximum Gasteiger partial charge on any atom is 0.191 e. The summed E-state index contributed by atoms with van der Waals surface area (Å²) in [4.78, 5) is 0. The monoisotopic (exact) mass is 280 g/mol. The lowest BCUT2D eigenvalue weighted by molar-refractivity contribution is 0.231. The van der Waals surface area contributed by atoms with E-state index in [4.69, 9.17) is 4.43 Å². The smallest absolute Gasteiger partial charge is 0.191 e. The molecule has 1 unspecified atom stereocenters. The first-order valence-corrected chi connectivity index (χ1v) is 10.4. The minimum Gasteiger partial charge on any atom is -0.417 e. The van der Waals surface area contributed by atoms with E-state index in [-0.39, 0.29) is 5.04 Å². The van der Waals surface area contributed by atoms with Crippen LogP contribution >= 0.6 is 0 Å². The van der Waals surface area contributed by atoms with Crippen molar-refractivity contribution in [3.05, 3.63) is 12.7 Å². The van der Waals surface area contributed by atoms with Gasteiger partial charge in [0.15, 0.2) is 8.32 Å². The number of allylic oxidation sites excluding steroid dienone is 1. The Morgan fingerprint density at radius 2 is 1.89 bits per heavy atom. The van der Waals surface area contributed by atoms with E-state index in [1.807, 2.05) is 6.08 Å². The Bertz CT molecular complexity index is 314. The Hall–Kier alpha value is -0.523. The van der Waals surface area contributed by atoms with Crippen LogP contribution in [0.15, 0.2) is 12.7 Å². The van der Waals surface area contributed by atoms with Gasteiger partial charge in [-0.25, -0.2) is 0 Å². The minimum absolute atomic E-state index is 0.277. The fraction of sp³-hybridized carbons (Fsp3) is 0.765. The van der Waals surface area contributed by atoms with Crippen LogP contribution < -0.4 is 0 Å². The van der Waals surface area contributed by atoms with Crippen molar-refractivity contribution in [2.45, 2.75) is 71.5 Å². The molecule has 0 saturated heterocycles. The van der Waals surface area contributed by atoms with Crippen LogP contribution in [0.1, 0.15) is 53.4 Å². The summed E-state index contributed by atoms with van der Waals surface area (Å²) in [6.07, 6.45) is 6.06.